The highest BCUT2D eigenvalue weighted by molar-refractivity contribution is 5.92. The van der Waals surface area contributed by atoms with Gasteiger partial charge in [-0.05, 0) is 18.6 Å². The molecule has 6 heteroatoms. The number of rotatable bonds is 5. The van der Waals surface area contributed by atoms with Gasteiger partial charge in [0.1, 0.15) is 0 Å². The molecular formula is C16H24N3O3+. The van der Waals surface area contributed by atoms with Crippen LogP contribution in [-0.2, 0) is 14.3 Å². The number of nitrogens with one attached hydrogen (secondary N) is 2. The molecule has 120 valence electrons. The van der Waals surface area contributed by atoms with Crippen LogP contribution in [0.2, 0.25) is 0 Å². The molecule has 1 saturated heterocycles. The summed E-state index contributed by atoms with van der Waals surface area (Å²) < 4.78 is 5.23. The first-order valence-corrected chi connectivity index (χ1v) is 7.58. The monoisotopic (exact) mass is 306 g/mol. The average molecular weight is 306 g/mol. The zero-order chi connectivity index (χ0) is 15.9. The maximum Gasteiger partial charge on any atom is 0.279 e. The van der Waals surface area contributed by atoms with Gasteiger partial charge in [0.25, 0.3) is 11.8 Å². The first-order valence-electron chi connectivity index (χ1n) is 7.58. The van der Waals surface area contributed by atoms with E-state index in [0.717, 1.165) is 16.2 Å². The van der Waals surface area contributed by atoms with Crippen molar-refractivity contribution in [1.29, 1.82) is 0 Å². The molecule has 0 bridgehead atoms. The zero-order valence-corrected chi connectivity index (χ0v) is 13.2. The Kier molecular flexibility index (Phi) is 5.91. The van der Waals surface area contributed by atoms with Crippen LogP contribution in [0, 0.1) is 6.92 Å². The fourth-order valence-electron chi connectivity index (χ4n) is 2.43. The van der Waals surface area contributed by atoms with E-state index in [1.807, 2.05) is 38.2 Å². The Labute approximate surface area is 131 Å². The highest BCUT2D eigenvalue weighted by atomic mass is 16.5. The van der Waals surface area contributed by atoms with Crippen LogP contribution >= 0.6 is 0 Å². The minimum atomic E-state index is -0.0819. The number of quaternary nitrogens is 1. The van der Waals surface area contributed by atoms with Crippen LogP contribution in [0.15, 0.2) is 24.3 Å². The molecule has 2 rings (SSSR count). The van der Waals surface area contributed by atoms with Gasteiger partial charge in [0.05, 0.1) is 20.3 Å². The third kappa shape index (κ3) is 4.82. The number of hydrogen-bond acceptors (Lipinski definition) is 3. The topological polar surface area (TPSA) is 63.1 Å². The Hall–Kier alpha value is -1.92. The van der Waals surface area contributed by atoms with E-state index >= 15 is 0 Å². The molecule has 0 saturated carbocycles. The second-order valence-electron chi connectivity index (χ2n) is 5.67. The van der Waals surface area contributed by atoms with Crippen molar-refractivity contribution in [3.05, 3.63) is 29.8 Å². The van der Waals surface area contributed by atoms with E-state index in [1.165, 1.54) is 0 Å². The van der Waals surface area contributed by atoms with Crippen molar-refractivity contribution in [1.82, 2.24) is 4.90 Å². The number of amides is 2. The summed E-state index contributed by atoms with van der Waals surface area (Å²) in [6, 6.07) is 7.65. The first kappa shape index (κ1) is 16.5. The molecule has 22 heavy (non-hydrogen) atoms. The second kappa shape index (κ2) is 7.91. The minimum Gasteiger partial charge on any atom is -0.378 e. The summed E-state index contributed by atoms with van der Waals surface area (Å²) in [6.45, 7) is 5.01. The Morgan fingerprint density at radius 3 is 2.59 bits per heavy atom. The molecule has 2 amide bonds. The second-order valence-corrected chi connectivity index (χ2v) is 5.67. The maximum atomic E-state index is 12.1. The fraction of sp³-hybridized carbons (Fsp3) is 0.500. The molecule has 1 aromatic rings. The lowest BCUT2D eigenvalue weighted by Crippen LogP contribution is -3.11. The van der Waals surface area contributed by atoms with Crippen LogP contribution in [0.1, 0.15) is 5.56 Å². The number of ether oxygens (including phenoxy) is 1. The number of aryl methyl sites for hydroxylation is 1. The molecule has 0 aromatic heterocycles. The summed E-state index contributed by atoms with van der Waals surface area (Å²) in [6.07, 6.45) is 0. The van der Waals surface area contributed by atoms with Crippen LogP contribution in [0.4, 0.5) is 5.69 Å². The molecule has 0 aliphatic carbocycles. The van der Waals surface area contributed by atoms with Crippen molar-refractivity contribution in [3.63, 3.8) is 0 Å². The molecule has 0 radical (unpaired) electrons. The number of carbonyl (C=O) groups is 2. The van der Waals surface area contributed by atoms with Crippen molar-refractivity contribution in [2.75, 3.05) is 51.8 Å². The van der Waals surface area contributed by atoms with E-state index in [2.05, 4.69) is 5.32 Å². The molecule has 1 atom stereocenters. The lowest BCUT2D eigenvalue weighted by Gasteiger charge is -2.27. The van der Waals surface area contributed by atoms with Gasteiger partial charge in [-0.15, -0.1) is 0 Å². The third-order valence-corrected chi connectivity index (χ3v) is 3.70. The predicted octanol–water partition coefficient (Wildman–Crippen LogP) is -0.693. The van der Waals surface area contributed by atoms with Gasteiger partial charge in [0.2, 0.25) is 0 Å². The summed E-state index contributed by atoms with van der Waals surface area (Å²) in [4.78, 5) is 26.9. The molecule has 1 aromatic carbocycles. The molecule has 1 heterocycles. The Bertz CT molecular complexity index is 527. The van der Waals surface area contributed by atoms with Crippen molar-refractivity contribution in [2.45, 2.75) is 6.92 Å². The number of benzene rings is 1. The van der Waals surface area contributed by atoms with Gasteiger partial charge in [0, 0.05) is 18.8 Å². The molecule has 1 aliphatic heterocycles. The molecule has 6 nitrogen and oxygen atoms in total. The largest absolute Gasteiger partial charge is 0.378 e. The smallest absolute Gasteiger partial charge is 0.279 e. The first-order chi connectivity index (χ1) is 10.6. The van der Waals surface area contributed by atoms with E-state index in [-0.39, 0.29) is 18.4 Å². The number of hydrogen-bond donors (Lipinski definition) is 2. The Morgan fingerprint density at radius 1 is 1.23 bits per heavy atom. The molecule has 1 aliphatic rings. The lowest BCUT2D eigenvalue weighted by atomic mass is 10.2. The van der Waals surface area contributed by atoms with Crippen molar-refractivity contribution >= 4 is 17.5 Å². The van der Waals surface area contributed by atoms with Crippen molar-refractivity contribution < 1.29 is 19.2 Å². The quantitative estimate of drug-likeness (QED) is 0.757. The predicted molar refractivity (Wildman–Crippen MR) is 83.8 cm³/mol. The van der Waals surface area contributed by atoms with E-state index in [0.29, 0.717) is 32.8 Å². The van der Waals surface area contributed by atoms with Crippen molar-refractivity contribution in [3.8, 4) is 0 Å². The van der Waals surface area contributed by atoms with Gasteiger partial charge in [-0.3, -0.25) is 9.59 Å². The minimum absolute atomic E-state index is 0.0736. The zero-order valence-electron chi connectivity index (χ0n) is 13.2. The molecule has 0 spiro atoms. The van der Waals surface area contributed by atoms with E-state index in [4.69, 9.17) is 4.74 Å². The summed E-state index contributed by atoms with van der Waals surface area (Å²) in [5.74, 6) is -0.00827. The van der Waals surface area contributed by atoms with Gasteiger partial charge in [-0.25, -0.2) is 0 Å². The Morgan fingerprint density at radius 2 is 1.91 bits per heavy atom. The van der Waals surface area contributed by atoms with Crippen LogP contribution in [-0.4, -0.2) is 63.2 Å². The summed E-state index contributed by atoms with van der Waals surface area (Å²) in [7, 11) is 1.86. The Balaban J connectivity index is 1.78. The summed E-state index contributed by atoms with van der Waals surface area (Å²) >= 11 is 0. The average Bonchev–Trinajstić information content (AvgIpc) is 2.50. The third-order valence-electron chi connectivity index (χ3n) is 3.70. The SMILES string of the molecule is Cc1ccccc1NC(=O)C[NH+](C)CC(=O)N1CCOCC1. The number of anilines is 1. The number of nitrogens with zero attached hydrogens (tertiary/aromatic N) is 1. The molecule has 1 unspecified atom stereocenters. The number of likely N-dealkylation sites (N-methyl/N-ethyl adjacent to an activating group) is 1. The van der Waals surface area contributed by atoms with E-state index in [9.17, 15) is 9.59 Å². The van der Waals surface area contributed by atoms with Crippen LogP contribution in [0.3, 0.4) is 0 Å². The highest BCUT2D eigenvalue weighted by Crippen LogP contribution is 2.12. The van der Waals surface area contributed by atoms with Gasteiger partial charge in [-0.2, -0.15) is 0 Å². The molecule has 1 fully saturated rings. The molecular weight excluding hydrogens is 282 g/mol. The lowest BCUT2D eigenvalue weighted by molar-refractivity contribution is -0.862. The summed E-state index contributed by atoms with van der Waals surface area (Å²) in [5.41, 5.74) is 1.85. The van der Waals surface area contributed by atoms with Crippen LogP contribution < -0.4 is 10.2 Å². The fourth-order valence-corrected chi connectivity index (χ4v) is 2.43. The standard InChI is InChI=1S/C16H23N3O3/c1-13-5-3-4-6-14(13)17-15(20)11-18(2)12-16(21)19-7-9-22-10-8-19/h3-6H,7-12H2,1-2H3,(H,17,20)/p+1. The van der Waals surface area contributed by atoms with E-state index < -0.39 is 0 Å². The highest BCUT2D eigenvalue weighted by Gasteiger charge is 2.21. The van der Waals surface area contributed by atoms with Gasteiger partial charge >= 0.3 is 0 Å². The van der Waals surface area contributed by atoms with E-state index in [1.54, 1.807) is 4.90 Å². The summed E-state index contributed by atoms with van der Waals surface area (Å²) in [5, 5.41) is 2.89. The van der Waals surface area contributed by atoms with Crippen LogP contribution in [0.5, 0.6) is 0 Å². The van der Waals surface area contributed by atoms with Crippen LogP contribution in [0.25, 0.3) is 0 Å². The van der Waals surface area contributed by atoms with Gasteiger partial charge in [0.15, 0.2) is 13.1 Å². The normalized spacial score (nSPS) is 16.2. The van der Waals surface area contributed by atoms with Gasteiger partial charge < -0.3 is 19.9 Å². The number of para-hydroxylation sites is 1. The van der Waals surface area contributed by atoms with Crippen molar-refractivity contribution in [2.24, 2.45) is 0 Å². The number of carbonyl (C=O) groups excluding carboxylic acids is 2. The number of morpholine rings is 1. The molecule has 2 N–H and O–H groups in total. The maximum absolute atomic E-state index is 12.1. The van der Waals surface area contributed by atoms with Gasteiger partial charge in [-0.1, -0.05) is 18.2 Å².